The van der Waals surface area contributed by atoms with Gasteiger partial charge in [-0.3, -0.25) is 0 Å². The quantitative estimate of drug-likeness (QED) is 0.126. The lowest BCUT2D eigenvalue weighted by molar-refractivity contribution is 0.381. The Morgan fingerprint density at radius 1 is 0.852 bits per heavy atom. The highest BCUT2D eigenvalue weighted by molar-refractivity contribution is 7.80. The molecule has 0 saturated heterocycles. The molecule has 0 aliphatic carbocycles. The van der Waals surface area contributed by atoms with Gasteiger partial charge in [-0.15, -0.1) is 0 Å². The smallest absolute Gasteiger partial charge is 0.200 e. The SMILES string of the molecule is O=S(O)Cc1ccc(-c2ssc(=S)c2-c2c(F)c(F)c(F)c(F)c2F)cc1. The van der Waals surface area contributed by atoms with Crippen molar-refractivity contribution in [2.75, 3.05) is 0 Å². The Kier molecular flexibility index (Phi) is 5.87. The maximum absolute atomic E-state index is 14.2. The third-order valence-electron chi connectivity index (χ3n) is 3.60. The molecule has 0 radical (unpaired) electrons. The Bertz CT molecular complexity index is 1080. The Hall–Kier alpha value is -1.53. The molecule has 1 N–H and O–H groups in total. The summed E-state index contributed by atoms with van der Waals surface area (Å²) in [6, 6.07) is 6.09. The van der Waals surface area contributed by atoms with Crippen molar-refractivity contribution in [3.05, 3.63) is 62.7 Å². The molecule has 2 nitrogen and oxygen atoms in total. The first-order chi connectivity index (χ1) is 12.7. The summed E-state index contributed by atoms with van der Waals surface area (Å²) in [5.74, 6) is -10.3. The standard InChI is InChI=1S/C16H7F5O2S4/c17-10-8(11(18)13(20)14(21)12(10)19)9-15(25-26-16(9)24)7-3-1-6(2-4-7)5-27(22)23/h1-4H,5H2,(H,22,23). The van der Waals surface area contributed by atoms with Crippen LogP contribution in [0, 0.1) is 32.9 Å². The second kappa shape index (κ2) is 7.84. The first-order valence-corrected chi connectivity index (χ1v) is 10.9. The zero-order valence-electron chi connectivity index (χ0n) is 12.9. The van der Waals surface area contributed by atoms with E-state index in [0.29, 0.717) is 11.1 Å². The van der Waals surface area contributed by atoms with Crippen LogP contribution in [0.25, 0.3) is 21.6 Å². The van der Waals surface area contributed by atoms with E-state index in [2.05, 4.69) is 0 Å². The molecule has 3 aromatic rings. The van der Waals surface area contributed by atoms with E-state index in [0.717, 1.165) is 20.7 Å². The van der Waals surface area contributed by atoms with Crippen LogP contribution in [-0.4, -0.2) is 8.76 Å². The van der Waals surface area contributed by atoms with Gasteiger partial charge in [-0.25, -0.2) is 26.2 Å². The lowest BCUT2D eigenvalue weighted by Crippen LogP contribution is -2.04. The number of halogens is 5. The van der Waals surface area contributed by atoms with E-state index in [1.165, 1.54) is 24.3 Å². The van der Waals surface area contributed by atoms with Crippen LogP contribution in [0.5, 0.6) is 0 Å². The second-order valence-electron chi connectivity index (χ2n) is 5.27. The molecule has 1 unspecified atom stereocenters. The highest BCUT2D eigenvalue weighted by Crippen LogP contribution is 2.44. The molecule has 27 heavy (non-hydrogen) atoms. The molecular formula is C16H7F5O2S4. The number of rotatable bonds is 4. The van der Waals surface area contributed by atoms with Crippen LogP contribution in [0.4, 0.5) is 22.0 Å². The molecule has 1 aromatic heterocycles. The summed E-state index contributed by atoms with van der Waals surface area (Å²) in [6.07, 6.45) is 0. The van der Waals surface area contributed by atoms with Gasteiger partial charge >= 0.3 is 0 Å². The Morgan fingerprint density at radius 3 is 1.89 bits per heavy atom. The molecule has 1 atom stereocenters. The lowest BCUT2D eigenvalue weighted by atomic mass is 10.0. The van der Waals surface area contributed by atoms with Crippen LogP contribution in [0.2, 0.25) is 0 Å². The van der Waals surface area contributed by atoms with E-state index in [4.69, 9.17) is 16.8 Å². The van der Waals surface area contributed by atoms with Crippen molar-refractivity contribution < 1.29 is 30.7 Å². The monoisotopic (exact) mass is 454 g/mol. The summed E-state index contributed by atoms with van der Waals surface area (Å²) in [5, 5.41) is 0. The maximum atomic E-state index is 14.2. The van der Waals surface area contributed by atoms with Crippen molar-refractivity contribution in [2.24, 2.45) is 0 Å². The molecule has 0 bridgehead atoms. The second-order valence-corrected chi connectivity index (χ2v) is 9.01. The fraction of sp³-hybridized carbons (Fsp3) is 0.0625. The van der Waals surface area contributed by atoms with Crippen LogP contribution in [0.15, 0.2) is 24.3 Å². The zero-order valence-corrected chi connectivity index (χ0v) is 16.2. The zero-order chi connectivity index (χ0) is 19.9. The normalized spacial score (nSPS) is 12.4. The molecule has 2 aromatic carbocycles. The summed E-state index contributed by atoms with van der Waals surface area (Å²) in [4.78, 5) is 0.241. The largest absolute Gasteiger partial charge is 0.306 e. The van der Waals surface area contributed by atoms with Crippen molar-refractivity contribution in [1.82, 2.24) is 0 Å². The fourth-order valence-electron chi connectivity index (χ4n) is 2.38. The van der Waals surface area contributed by atoms with Crippen molar-refractivity contribution >= 4 is 44.0 Å². The average Bonchev–Trinajstić information content (AvgIpc) is 3.00. The summed E-state index contributed by atoms with van der Waals surface area (Å²) in [6.45, 7) is 0. The predicted molar refractivity (Wildman–Crippen MR) is 98.2 cm³/mol. The van der Waals surface area contributed by atoms with Crippen molar-refractivity contribution in [2.45, 2.75) is 5.75 Å². The molecule has 0 amide bonds. The summed E-state index contributed by atoms with van der Waals surface area (Å²) in [5.41, 5.74) is -0.342. The molecule has 0 aliphatic rings. The van der Waals surface area contributed by atoms with Gasteiger partial charge in [0.1, 0.15) is 3.82 Å². The third-order valence-corrected chi connectivity index (χ3v) is 7.24. The molecule has 3 rings (SSSR count). The van der Waals surface area contributed by atoms with Gasteiger partial charge in [-0.2, -0.15) is 0 Å². The minimum atomic E-state index is -2.23. The first kappa shape index (κ1) is 20.2. The topological polar surface area (TPSA) is 37.3 Å². The number of hydrogen-bond acceptors (Lipinski definition) is 4. The average molecular weight is 454 g/mol. The molecule has 142 valence electrons. The molecular weight excluding hydrogens is 447 g/mol. The minimum absolute atomic E-state index is 0.0150. The summed E-state index contributed by atoms with van der Waals surface area (Å²) < 4.78 is 88.7. The molecule has 11 heteroatoms. The van der Waals surface area contributed by atoms with Gasteiger partial charge in [0.15, 0.2) is 34.3 Å². The fourth-order valence-corrected chi connectivity index (χ4v) is 5.73. The first-order valence-electron chi connectivity index (χ1n) is 7.04. The summed E-state index contributed by atoms with van der Waals surface area (Å²) >= 11 is 3.02. The van der Waals surface area contributed by atoms with Crippen LogP contribution in [-0.2, 0) is 16.8 Å². The van der Waals surface area contributed by atoms with Gasteiger partial charge in [0.05, 0.1) is 16.2 Å². The number of hydrogen-bond donors (Lipinski definition) is 1. The van der Waals surface area contributed by atoms with E-state index >= 15 is 0 Å². The van der Waals surface area contributed by atoms with E-state index in [-0.39, 0.29) is 20.0 Å². The van der Waals surface area contributed by atoms with Crippen LogP contribution in [0.3, 0.4) is 0 Å². The Morgan fingerprint density at radius 2 is 1.37 bits per heavy atom. The van der Waals surface area contributed by atoms with Gasteiger partial charge in [-0.1, -0.05) is 57.2 Å². The van der Waals surface area contributed by atoms with Gasteiger partial charge in [-0.05, 0) is 11.1 Å². The highest BCUT2D eigenvalue weighted by Gasteiger charge is 2.29. The minimum Gasteiger partial charge on any atom is -0.306 e. The predicted octanol–water partition coefficient (Wildman–Crippen LogP) is 6.29. The van der Waals surface area contributed by atoms with Crippen molar-refractivity contribution in [3.8, 4) is 21.6 Å². The van der Waals surface area contributed by atoms with Gasteiger partial charge in [0.25, 0.3) is 0 Å². The molecule has 1 heterocycles. The van der Waals surface area contributed by atoms with Crippen LogP contribution < -0.4 is 0 Å². The Balaban J connectivity index is 2.21. The Labute approximate surface area is 164 Å². The molecule has 0 aliphatic heterocycles. The van der Waals surface area contributed by atoms with E-state index in [1.54, 1.807) is 0 Å². The van der Waals surface area contributed by atoms with Crippen molar-refractivity contribution in [1.29, 1.82) is 0 Å². The van der Waals surface area contributed by atoms with E-state index in [1.807, 2.05) is 0 Å². The molecule has 0 fully saturated rings. The number of benzene rings is 2. The lowest BCUT2D eigenvalue weighted by Gasteiger charge is -2.09. The van der Waals surface area contributed by atoms with Gasteiger partial charge in [0, 0.05) is 5.56 Å². The molecule has 0 spiro atoms. The van der Waals surface area contributed by atoms with Crippen molar-refractivity contribution in [3.63, 3.8) is 0 Å². The van der Waals surface area contributed by atoms with Crippen LogP contribution >= 0.6 is 32.9 Å². The van der Waals surface area contributed by atoms with Gasteiger partial charge in [0.2, 0.25) is 5.82 Å². The third kappa shape index (κ3) is 3.74. The summed E-state index contributed by atoms with van der Waals surface area (Å²) in [7, 11) is 2.00. The highest BCUT2D eigenvalue weighted by atomic mass is 32.9. The van der Waals surface area contributed by atoms with Gasteiger partial charge < -0.3 is 4.55 Å². The molecule has 0 saturated carbocycles. The maximum Gasteiger partial charge on any atom is 0.200 e. The van der Waals surface area contributed by atoms with E-state index in [9.17, 15) is 26.2 Å². The van der Waals surface area contributed by atoms with Crippen LogP contribution in [0.1, 0.15) is 5.56 Å². The van der Waals surface area contributed by atoms with E-state index < -0.39 is 45.7 Å².